The van der Waals surface area contributed by atoms with Gasteiger partial charge < -0.3 is 15.1 Å². The van der Waals surface area contributed by atoms with Crippen molar-refractivity contribution in [3.63, 3.8) is 0 Å². The maximum Gasteiger partial charge on any atom is 0.258 e. The van der Waals surface area contributed by atoms with Crippen LogP contribution < -0.4 is 5.32 Å². The first-order valence-electron chi connectivity index (χ1n) is 6.65. The van der Waals surface area contributed by atoms with Crippen LogP contribution in [0.2, 0.25) is 0 Å². The van der Waals surface area contributed by atoms with Crippen molar-refractivity contribution in [1.29, 1.82) is 0 Å². The van der Waals surface area contributed by atoms with Crippen LogP contribution in [0.1, 0.15) is 16.1 Å². The van der Waals surface area contributed by atoms with Crippen LogP contribution in [0.4, 0.5) is 0 Å². The van der Waals surface area contributed by atoms with E-state index in [0.29, 0.717) is 24.3 Å². The van der Waals surface area contributed by atoms with E-state index in [-0.39, 0.29) is 11.8 Å². The number of likely N-dealkylation sites (N-methyl/N-ethyl adjacent to an activating group) is 2. The fourth-order valence-electron chi connectivity index (χ4n) is 2.52. The van der Waals surface area contributed by atoms with E-state index in [1.165, 1.54) is 0 Å². The predicted octanol–water partition coefficient (Wildman–Crippen LogP) is -0.769. The number of aromatic nitrogens is 2. The van der Waals surface area contributed by atoms with E-state index in [1.807, 2.05) is 7.05 Å². The van der Waals surface area contributed by atoms with Crippen LogP contribution in [0, 0.1) is 6.92 Å². The van der Waals surface area contributed by atoms with E-state index in [2.05, 4.69) is 15.3 Å². The number of hydrogen-bond acceptors (Lipinski definition) is 4. The monoisotopic (exact) mass is 279 g/mol. The zero-order valence-corrected chi connectivity index (χ0v) is 12.4. The largest absolute Gasteiger partial charge is 0.357 e. The Morgan fingerprint density at radius 2 is 2.05 bits per heavy atom. The summed E-state index contributed by atoms with van der Waals surface area (Å²) in [6.07, 6.45) is 1.71. The van der Waals surface area contributed by atoms with Gasteiger partial charge in [-0.3, -0.25) is 14.3 Å². The predicted molar refractivity (Wildman–Crippen MR) is 74.3 cm³/mol. The molecule has 0 radical (unpaired) electrons. The fourth-order valence-corrected chi connectivity index (χ4v) is 2.52. The lowest BCUT2D eigenvalue weighted by Crippen LogP contribution is -2.59. The van der Waals surface area contributed by atoms with E-state index in [9.17, 15) is 9.59 Å². The molecule has 2 heterocycles. The van der Waals surface area contributed by atoms with Gasteiger partial charge in [0.25, 0.3) is 5.91 Å². The van der Waals surface area contributed by atoms with Gasteiger partial charge in [0.2, 0.25) is 5.91 Å². The minimum absolute atomic E-state index is 0.127. The fraction of sp³-hybridized carbons (Fsp3) is 0.615. The van der Waals surface area contributed by atoms with E-state index in [4.69, 9.17) is 0 Å². The summed E-state index contributed by atoms with van der Waals surface area (Å²) in [5.41, 5.74) is 1.25. The molecule has 0 spiro atoms. The number of aryl methyl sites for hydroxylation is 2. The molecule has 1 aromatic rings. The highest BCUT2D eigenvalue weighted by Crippen LogP contribution is 2.15. The van der Waals surface area contributed by atoms with Crippen molar-refractivity contribution in [2.45, 2.75) is 13.0 Å². The van der Waals surface area contributed by atoms with Gasteiger partial charge in [0.15, 0.2) is 0 Å². The van der Waals surface area contributed by atoms with Crippen LogP contribution in [-0.4, -0.2) is 71.2 Å². The maximum atomic E-state index is 12.6. The van der Waals surface area contributed by atoms with Gasteiger partial charge >= 0.3 is 0 Å². The normalized spacial score (nSPS) is 20.0. The van der Waals surface area contributed by atoms with Crippen LogP contribution >= 0.6 is 0 Å². The third-order valence-electron chi connectivity index (χ3n) is 3.64. The topological polar surface area (TPSA) is 70.5 Å². The molecule has 110 valence electrons. The lowest BCUT2D eigenvalue weighted by Gasteiger charge is -2.38. The first-order valence-corrected chi connectivity index (χ1v) is 6.65. The Balaban J connectivity index is 2.26. The maximum absolute atomic E-state index is 12.6. The van der Waals surface area contributed by atoms with Crippen LogP contribution in [0.5, 0.6) is 0 Å². The Morgan fingerprint density at radius 3 is 2.60 bits per heavy atom. The van der Waals surface area contributed by atoms with Crippen molar-refractivity contribution in [1.82, 2.24) is 24.9 Å². The highest BCUT2D eigenvalue weighted by Gasteiger charge is 2.35. The zero-order chi connectivity index (χ0) is 14.9. The third kappa shape index (κ3) is 2.67. The molecular weight excluding hydrogens is 258 g/mol. The van der Waals surface area contributed by atoms with Crippen LogP contribution in [-0.2, 0) is 11.8 Å². The molecule has 1 fully saturated rings. The molecule has 0 aromatic carbocycles. The molecular formula is C13H21N5O2. The molecule has 1 atom stereocenters. The van der Waals surface area contributed by atoms with Crippen LogP contribution in [0.15, 0.2) is 6.20 Å². The van der Waals surface area contributed by atoms with Crippen LogP contribution in [0.3, 0.4) is 0 Å². The molecule has 1 aliphatic rings. The summed E-state index contributed by atoms with van der Waals surface area (Å²) < 4.78 is 1.62. The molecule has 1 aliphatic heterocycles. The lowest BCUT2D eigenvalue weighted by atomic mass is 10.1. The van der Waals surface area contributed by atoms with Gasteiger partial charge in [-0.15, -0.1) is 0 Å². The SMILES string of the molecule is CNC(=O)[C@H]1CN(C)CCN1C(=O)c1cn(C)nc1C. The number of hydrogen-bond donors (Lipinski definition) is 1. The summed E-state index contributed by atoms with van der Waals surface area (Å²) in [6, 6.07) is -0.453. The summed E-state index contributed by atoms with van der Waals surface area (Å²) in [6.45, 7) is 3.66. The summed E-state index contributed by atoms with van der Waals surface area (Å²) in [4.78, 5) is 28.3. The second-order valence-electron chi connectivity index (χ2n) is 5.19. The quantitative estimate of drug-likeness (QED) is 0.772. The summed E-state index contributed by atoms with van der Waals surface area (Å²) >= 11 is 0. The molecule has 7 nitrogen and oxygen atoms in total. The highest BCUT2D eigenvalue weighted by molar-refractivity contribution is 5.98. The lowest BCUT2D eigenvalue weighted by molar-refractivity contribution is -0.126. The summed E-state index contributed by atoms with van der Waals surface area (Å²) in [5.74, 6) is -0.260. The smallest absolute Gasteiger partial charge is 0.258 e. The van der Waals surface area contributed by atoms with E-state index >= 15 is 0 Å². The van der Waals surface area contributed by atoms with Gasteiger partial charge in [0.1, 0.15) is 6.04 Å². The molecule has 1 N–H and O–H groups in total. The van der Waals surface area contributed by atoms with Crippen molar-refractivity contribution in [3.8, 4) is 0 Å². The molecule has 0 unspecified atom stereocenters. The van der Waals surface area contributed by atoms with Crippen molar-refractivity contribution in [3.05, 3.63) is 17.5 Å². The molecule has 1 saturated heterocycles. The van der Waals surface area contributed by atoms with Crippen LogP contribution in [0.25, 0.3) is 0 Å². The molecule has 20 heavy (non-hydrogen) atoms. The van der Waals surface area contributed by atoms with Gasteiger partial charge in [-0.25, -0.2) is 0 Å². The highest BCUT2D eigenvalue weighted by atomic mass is 16.2. The van der Waals surface area contributed by atoms with Crippen molar-refractivity contribution >= 4 is 11.8 Å². The molecule has 2 amide bonds. The number of amides is 2. The van der Waals surface area contributed by atoms with Crippen molar-refractivity contribution < 1.29 is 9.59 Å². The van der Waals surface area contributed by atoms with Gasteiger partial charge in [-0.05, 0) is 14.0 Å². The number of piperazine rings is 1. The molecule has 0 bridgehead atoms. The molecule has 0 saturated carbocycles. The molecule has 2 rings (SSSR count). The van der Waals surface area contributed by atoms with Gasteiger partial charge in [0, 0.05) is 39.9 Å². The van der Waals surface area contributed by atoms with Gasteiger partial charge in [-0.2, -0.15) is 5.10 Å². The second kappa shape index (κ2) is 5.62. The minimum atomic E-state index is -0.453. The Kier molecular flexibility index (Phi) is 4.08. The van der Waals surface area contributed by atoms with Crippen molar-refractivity contribution in [2.75, 3.05) is 33.7 Å². The standard InChI is InChI=1S/C13H21N5O2/c1-9-10(7-17(4)15-9)13(20)18-6-5-16(3)8-11(18)12(19)14-2/h7,11H,5-6,8H2,1-4H3,(H,14,19)/t11-/m1/s1. The minimum Gasteiger partial charge on any atom is -0.357 e. The summed E-state index contributed by atoms with van der Waals surface area (Å²) in [5, 5.41) is 6.82. The number of rotatable bonds is 2. The number of carbonyl (C=O) groups is 2. The zero-order valence-electron chi connectivity index (χ0n) is 12.4. The number of nitrogens with one attached hydrogen (secondary N) is 1. The third-order valence-corrected chi connectivity index (χ3v) is 3.64. The Morgan fingerprint density at radius 1 is 1.35 bits per heavy atom. The molecule has 0 aliphatic carbocycles. The van der Waals surface area contributed by atoms with Crippen molar-refractivity contribution in [2.24, 2.45) is 7.05 Å². The average molecular weight is 279 g/mol. The van der Waals surface area contributed by atoms with E-state index < -0.39 is 6.04 Å². The molecule has 1 aromatic heterocycles. The first-order chi connectivity index (χ1) is 9.43. The molecule has 7 heteroatoms. The van der Waals surface area contributed by atoms with Gasteiger partial charge in [-0.1, -0.05) is 0 Å². The first kappa shape index (κ1) is 14.5. The second-order valence-corrected chi connectivity index (χ2v) is 5.19. The number of nitrogens with zero attached hydrogens (tertiary/aromatic N) is 4. The van der Waals surface area contributed by atoms with E-state index in [0.717, 1.165) is 6.54 Å². The Bertz CT molecular complexity index is 525. The number of carbonyl (C=O) groups excluding carboxylic acids is 2. The average Bonchev–Trinajstić information content (AvgIpc) is 2.76. The Labute approximate surface area is 118 Å². The van der Waals surface area contributed by atoms with Gasteiger partial charge in [0.05, 0.1) is 11.3 Å². The Hall–Kier alpha value is -1.89. The van der Waals surface area contributed by atoms with E-state index in [1.54, 1.807) is 36.8 Å². The summed E-state index contributed by atoms with van der Waals surface area (Å²) in [7, 11) is 5.33.